The number of ether oxygens (including phenoxy) is 1. The second-order valence-corrected chi connectivity index (χ2v) is 4.20. The van der Waals surface area contributed by atoms with E-state index in [4.69, 9.17) is 4.74 Å². The molecule has 1 aromatic rings. The van der Waals surface area contributed by atoms with Crippen LogP contribution in [0.5, 0.6) is 0 Å². The normalized spacial score (nSPS) is 22.4. The van der Waals surface area contributed by atoms with Crippen LogP contribution in [0.1, 0.15) is 12.0 Å². The van der Waals surface area contributed by atoms with E-state index in [-0.39, 0.29) is 13.0 Å². The van der Waals surface area contributed by atoms with Gasteiger partial charge in [-0.05, 0) is 12.0 Å². The Hall–Kier alpha value is -1.72. The third kappa shape index (κ3) is 3.38. The third-order valence-electron chi connectivity index (χ3n) is 2.73. The zero-order valence-electron chi connectivity index (χ0n) is 9.41. The van der Waals surface area contributed by atoms with Gasteiger partial charge in [-0.1, -0.05) is 30.3 Å². The van der Waals surface area contributed by atoms with Crippen LogP contribution in [-0.2, 0) is 11.3 Å². The van der Waals surface area contributed by atoms with Gasteiger partial charge in [0.2, 0.25) is 0 Å². The summed E-state index contributed by atoms with van der Waals surface area (Å²) >= 11 is 0. The molecule has 1 amide bonds. The second-order valence-electron chi connectivity index (χ2n) is 4.20. The minimum absolute atomic E-state index is 0.0517. The van der Waals surface area contributed by atoms with Crippen molar-refractivity contribution in [3.8, 4) is 0 Å². The Balaban J connectivity index is 1.71. The number of carbonyl (C=O) groups excluding carboxylic acids is 1. The molecule has 2 rings (SSSR count). The summed E-state index contributed by atoms with van der Waals surface area (Å²) in [7, 11) is 0. The van der Waals surface area contributed by atoms with Crippen molar-refractivity contribution in [1.82, 2.24) is 5.32 Å². The van der Waals surface area contributed by atoms with Gasteiger partial charge in [-0.25, -0.2) is 4.79 Å². The maximum atomic E-state index is 12.2. The lowest BCUT2D eigenvalue weighted by molar-refractivity contribution is -0.148. The molecule has 98 valence electrons. The molecule has 0 spiro atoms. The van der Waals surface area contributed by atoms with E-state index in [1.54, 1.807) is 24.3 Å². The maximum Gasteiger partial charge on any atom is 0.407 e. The monoisotopic (exact) mass is 259 g/mol. The fourth-order valence-corrected chi connectivity index (χ4v) is 1.63. The van der Waals surface area contributed by atoms with Crippen LogP contribution in [-0.4, -0.2) is 18.3 Å². The van der Waals surface area contributed by atoms with Crippen LogP contribution < -0.4 is 5.32 Å². The molecule has 3 nitrogen and oxygen atoms in total. The molecule has 1 aliphatic rings. The van der Waals surface area contributed by atoms with Gasteiger partial charge in [0.15, 0.2) is 0 Å². The molecular weight excluding hydrogens is 247 g/mol. The van der Waals surface area contributed by atoms with Crippen molar-refractivity contribution in [3.05, 3.63) is 35.9 Å². The van der Waals surface area contributed by atoms with Gasteiger partial charge in [-0.3, -0.25) is 0 Å². The number of carbonyl (C=O) groups is 1. The van der Waals surface area contributed by atoms with Crippen molar-refractivity contribution in [2.45, 2.75) is 25.2 Å². The molecule has 0 radical (unpaired) electrons. The number of alkyl carbamates (subject to hydrolysis) is 1. The highest BCUT2D eigenvalue weighted by atomic mass is 19.4. The molecule has 6 heteroatoms. The lowest BCUT2D eigenvalue weighted by atomic mass is 10.2. The van der Waals surface area contributed by atoms with Crippen LogP contribution in [0.2, 0.25) is 0 Å². The molecule has 1 N–H and O–H groups in total. The fraction of sp³-hybridized carbons (Fsp3) is 0.417. The Morgan fingerprint density at radius 3 is 2.56 bits per heavy atom. The molecule has 1 saturated carbocycles. The van der Waals surface area contributed by atoms with Gasteiger partial charge in [0, 0.05) is 6.04 Å². The van der Waals surface area contributed by atoms with Crippen molar-refractivity contribution >= 4 is 6.09 Å². The van der Waals surface area contributed by atoms with E-state index in [0.29, 0.717) is 0 Å². The highest BCUT2D eigenvalue weighted by Crippen LogP contribution is 2.44. The molecule has 0 bridgehead atoms. The number of benzene rings is 1. The van der Waals surface area contributed by atoms with E-state index in [0.717, 1.165) is 5.56 Å². The van der Waals surface area contributed by atoms with Crippen LogP contribution in [0.4, 0.5) is 18.0 Å². The molecular formula is C12H12F3NO2. The zero-order valence-corrected chi connectivity index (χ0v) is 9.41. The number of hydrogen-bond donors (Lipinski definition) is 1. The number of halogens is 3. The molecule has 0 aromatic heterocycles. The molecule has 18 heavy (non-hydrogen) atoms. The highest BCUT2D eigenvalue weighted by molar-refractivity contribution is 5.68. The number of nitrogens with one attached hydrogen (secondary N) is 1. The molecule has 0 aliphatic heterocycles. The predicted octanol–water partition coefficient (Wildman–Crippen LogP) is 2.86. The first-order chi connectivity index (χ1) is 8.47. The Morgan fingerprint density at radius 2 is 2.00 bits per heavy atom. The minimum Gasteiger partial charge on any atom is -0.445 e. The molecule has 2 atom stereocenters. The lowest BCUT2D eigenvalue weighted by Crippen LogP contribution is -2.30. The summed E-state index contributed by atoms with van der Waals surface area (Å²) in [4.78, 5) is 11.2. The highest BCUT2D eigenvalue weighted by Gasteiger charge is 2.56. The summed E-state index contributed by atoms with van der Waals surface area (Å²) < 4.78 is 41.4. The van der Waals surface area contributed by atoms with Gasteiger partial charge in [0.05, 0.1) is 5.92 Å². The van der Waals surface area contributed by atoms with Crippen LogP contribution >= 0.6 is 0 Å². The first-order valence-corrected chi connectivity index (χ1v) is 5.51. The lowest BCUT2D eigenvalue weighted by Gasteiger charge is -2.08. The topological polar surface area (TPSA) is 38.3 Å². The zero-order chi connectivity index (χ0) is 13.2. The van der Waals surface area contributed by atoms with Crippen LogP contribution in [0.3, 0.4) is 0 Å². The van der Waals surface area contributed by atoms with Crippen LogP contribution in [0.15, 0.2) is 30.3 Å². The van der Waals surface area contributed by atoms with E-state index in [1.807, 2.05) is 6.07 Å². The minimum atomic E-state index is -4.24. The number of alkyl halides is 3. The summed E-state index contributed by atoms with van der Waals surface area (Å²) in [5, 5.41) is 2.20. The van der Waals surface area contributed by atoms with Crippen molar-refractivity contribution in [3.63, 3.8) is 0 Å². The van der Waals surface area contributed by atoms with E-state index >= 15 is 0 Å². The summed E-state index contributed by atoms with van der Waals surface area (Å²) in [6.45, 7) is 0.0517. The van der Waals surface area contributed by atoms with Crippen molar-refractivity contribution in [2.24, 2.45) is 5.92 Å². The first kappa shape index (κ1) is 12.7. The number of rotatable bonds is 3. The molecule has 1 fully saturated rings. The van der Waals surface area contributed by atoms with E-state index < -0.39 is 24.2 Å². The summed E-state index contributed by atoms with van der Waals surface area (Å²) in [5.74, 6) is -1.43. The molecule has 0 heterocycles. The Labute approximate surface area is 102 Å². The molecule has 0 unspecified atom stereocenters. The average molecular weight is 259 g/mol. The van der Waals surface area contributed by atoms with Crippen molar-refractivity contribution in [1.29, 1.82) is 0 Å². The summed E-state index contributed by atoms with van der Waals surface area (Å²) in [5.41, 5.74) is 0.788. The largest absolute Gasteiger partial charge is 0.445 e. The number of amides is 1. The standard InChI is InChI=1S/C12H12F3NO2/c13-12(14,15)9-6-10(9)16-11(17)18-7-8-4-2-1-3-5-8/h1-5,9-10H,6-7H2,(H,16,17)/t9-,10-/m1/s1. The maximum absolute atomic E-state index is 12.2. The third-order valence-corrected chi connectivity index (χ3v) is 2.73. The fourth-order valence-electron chi connectivity index (χ4n) is 1.63. The van der Waals surface area contributed by atoms with E-state index in [9.17, 15) is 18.0 Å². The van der Waals surface area contributed by atoms with Gasteiger partial charge >= 0.3 is 12.3 Å². The quantitative estimate of drug-likeness (QED) is 0.906. The van der Waals surface area contributed by atoms with Crippen molar-refractivity contribution in [2.75, 3.05) is 0 Å². The Kier molecular flexibility index (Phi) is 3.45. The second kappa shape index (κ2) is 4.88. The van der Waals surface area contributed by atoms with E-state index in [1.165, 1.54) is 0 Å². The Bertz CT molecular complexity index is 419. The summed E-state index contributed by atoms with van der Waals surface area (Å²) in [6.07, 6.45) is -5.11. The molecule has 0 saturated heterocycles. The smallest absolute Gasteiger partial charge is 0.407 e. The van der Waals surface area contributed by atoms with Gasteiger partial charge in [0.25, 0.3) is 0 Å². The molecule has 1 aliphatic carbocycles. The Morgan fingerprint density at radius 1 is 1.33 bits per heavy atom. The molecule has 1 aromatic carbocycles. The van der Waals surface area contributed by atoms with Gasteiger partial charge in [-0.15, -0.1) is 0 Å². The van der Waals surface area contributed by atoms with Crippen molar-refractivity contribution < 1.29 is 22.7 Å². The number of hydrogen-bond acceptors (Lipinski definition) is 2. The van der Waals surface area contributed by atoms with Gasteiger partial charge in [-0.2, -0.15) is 13.2 Å². The van der Waals surface area contributed by atoms with Gasteiger partial charge < -0.3 is 10.1 Å². The van der Waals surface area contributed by atoms with E-state index in [2.05, 4.69) is 5.32 Å². The average Bonchev–Trinajstić information content (AvgIpc) is 3.07. The van der Waals surface area contributed by atoms with Crippen LogP contribution in [0.25, 0.3) is 0 Å². The van der Waals surface area contributed by atoms with Crippen LogP contribution in [0, 0.1) is 5.92 Å². The predicted molar refractivity (Wildman–Crippen MR) is 57.7 cm³/mol. The summed E-state index contributed by atoms with van der Waals surface area (Å²) in [6, 6.07) is 8.09. The first-order valence-electron chi connectivity index (χ1n) is 5.51. The SMILES string of the molecule is O=C(N[C@@H]1C[C@H]1C(F)(F)F)OCc1ccccc1. The van der Waals surface area contributed by atoms with Gasteiger partial charge in [0.1, 0.15) is 6.61 Å².